The zero-order chi connectivity index (χ0) is 20.1. The highest BCUT2D eigenvalue weighted by atomic mass is 32.1. The van der Waals surface area contributed by atoms with Crippen molar-refractivity contribution in [2.45, 2.75) is 30.4 Å². The molecule has 10 heteroatoms. The van der Waals surface area contributed by atoms with Gasteiger partial charge in [0.15, 0.2) is 6.10 Å². The molecule has 3 atom stereocenters. The monoisotopic (exact) mass is 397 g/mol. The van der Waals surface area contributed by atoms with E-state index in [1.165, 1.54) is 41.2 Å². The van der Waals surface area contributed by atoms with E-state index < -0.39 is 23.2 Å². The first-order chi connectivity index (χ1) is 12.7. The van der Waals surface area contributed by atoms with E-state index in [-0.39, 0.29) is 23.5 Å². The van der Waals surface area contributed by atoms with Crippen LogP contribution in [-0.4, -0.2) is 71.9 Å². The smallest absolute Gasteiger partial charge is 0.410 e. The first kappa shape index (κ1) is 21.0. The number of nitrogens with zero attached hydrogens (tertiary/aromatic N) is 3. The number of hydrogen-bond donors (Lipinski definition) is 1. The number of likely N-dealkylation sites (N-methyl/N-ethyl adjacent to an activating group) is 1. The SMILES string of the molecule is COC(C(=O)N(C)C)[C@@H]1C[C@H](S)CN1C(=O)OCc1ccc([N+](=O)[O-])cc1. The number of amides is 2. The summed E-state index contributed by atoms with van der Waals surface area (Å²) in [4.78, 5) is 37.9. The molecule has 2 rings (SSSR count). The van der Waals surface area contributed by atoms with Gasteiger partial charge < -0.3 is 19.3 Å². The number of nitro benzene ring substituents is 1. The molecular weight excluding hydrogens is 374 g/mol. The second kappa shape index (κ2) is 9.05. The number of carbonyl (C=O) groups is 2. The Morgan fingerprint density at radius 2 is 2.00 bits per heavy atom. The molecule has 0 N–H and O–H groups in total. The summed E-state index contributed by atoms with van der Waals surface area (Å²) in [5, 5.41) is 10.6. The van der Waals surface area contributed by atoms with Crippen molar-refractivity contribution in [2.24, 2.45) is 0 Å². The molecule has 9 nitrogen and oxygen atoms in total. The first-order valence-corrected chi connectivity index (χ1v) is 8.85. The van der Waals surface area contributed by atoms with Crippen molar-refractivity contribution >= 4 is 30.3 Å². The molecule has 1 aromatic rings. The van der Waals surface area contributed by atoms with Crippen molar-refractivity contribution < 1.29 is 24.0 Å². The summed E-state index contributed by atoms with van der Waals surface area (Å²) in [5.41, 5.74) is 0.590. The van der Waals surface area contributed by atoms with Crippen molar-refractivity contribution in [3.05, 3.63) is 39.9 Å². The Balaban J connectivity index is 2.04. The number of thiol groups is 1. The van der Waals surface area contributed by atoms with Crippen molar-refractivity contribution in [1.82, 2.24) is 9.80 Å². The predicted molar refractivity (Wildman–Crippen MR) is 101 cm³/mol. The van der Waals surface area contributed by atoms with Crippen molar-refractivity contribution in [3.63, 3.8) is 0 Å². The van der Waals surface area contributed by atoms with Crippen molar-refractivity contribution in [1.29, 1.82) is 0 Å². The average Bonchev–Trinajstić information content (AvgIpc) is 3.02. The van der Waals surface area contributed by atoms with Crippen LogP contribution in [0.5, 0.6) is 0 Å². The maximum Gasteiger partial charge on any atom is 0.410 e. The van der Waals surface area contributed by atoms with Gasteiger partial charge in [-0.15, -0.1) is 0 Å². The molecule has 1 unspecified atom stereocenters. The number of likely N-dealkylation sites (tertiary alicyclic amines) is 1. The van der Waals surface area contributed by atoms with Gasteiger partial charge in [-0.05, 0) is 24.1 Å². The fraction of sp³-hybridized carbons (Fsp3) is 0.529. The van der Waals surface area contributed by atoms with Gasteiger partial charge in [-0.25, -0.2) is 4.79 Å². The lowest BCUT2D eigenvalue weighted by Gasteiger charge is -2.30. The Bertz CT molecular complexity index is 696. The third-order valence-electron chi connectivity index (χ3n) is 4.35. The molecule has 1 aliphatic rings. The lowest BCUT2D eigenvalue weighted by molar-refractivity contribution is -0.384. The van der Waals surface area contributed by atoms with E-state index in [2.05, 4.69) is 12.6 Å². The van der Waals surface area contributed by atoms with Gasteiger partial charge in [0.05, 0.1) is 11.0 Å². The number of nitro groups is 1. The Morgan fingerprint density at radius 3 is 2.52 bits per heavy atom. The van der Waals surface area contributed by atoms with Gasteiger partial charge in [0.25, 0.3) is 11.6 Å². The summed E-state index contributed by atoms with van der Waals surface area (Å²) in [6, 6.07) is 5.28. The van der Waals surface area contributed by atoms with Crippen molar-refractivity contribution in [2.75, 3.05) is 27.7 Å². The molecule has 27 heavy (non-hydrogen) atoms. The minimum absolute atomic E-state index is 0.0312. The van der Waals surface area contributed by atoms with Gasteiger partial charge in [0.1, 0.15) is 6.61 Å². The predicted octanol–water partition coefficient (Wildman–Crippen LogP) is 1.71. The first-order valence-electron chi connectivity index (χ1n) is 8.33. The minimum atomic E-state index is -0.802. The van der Waals surface area contributed by atoms with Crippen LogP contribution < -0.4 is 0 Å². The van der Waals surface area contributed by atoms with Gasteiger partial charge in [-0.3, -0.25) is 14.9 Å². The molecule has 148 valence electrons. The molecule has 2 amide bonds. The van der Waals surface area contributed by atoms with Crippen LogP contribution in [-0.2, 0) is 20.9 Å². The Morgan fingerprint density at radius 1 is 1.37 bits per heavy atom. The van der Waals surface area contributed by atoms with E-state index in [0.29, 0.717) is 18.5 Å². The van der Waals surface area contributed by atoms with Crippen LogP contribution in [0.1, 0.15) is 12.0 Å². The van der Waals surface area contributed by atoms with Gasteiger partial charge in [0.2, 0.25) is 0 Å². The molecule has 1 saturated heterocycles. The zero-order valence-electron chi connectivity index (χ0n) is 15.4. The van der Waals surface area contributed by atoms with E-state index in [4.69, 9.17) is 9.47 Å². The Kier molecular flexibility index (Phi) is 7.03. The number of hydrogen-bond acceptors (Lipinski definition) is 7. The molecule has 1 heterocycles. The standard InChI is InChI=1S/C17H23N3O6S/c1-18(2)16(21)15(25-3)14-8-13(27)9-19(14)17(22)26-10-11-4-6-12(7-5-11)20(23)24/h4-7,13-15,27H,8-10H2,1-3H3/t13-,14-,15?/m0/s1. The van der Waals surface area contributed by atoms with E-state index in [1.807, 2.05) is 0 Å². The topological polar surface area (TPSA) is 102 Å². The summed E-state index contributed by atoms with van der Waals surface area (Å²) < 4.78 is 10.7. The average molecular weight is 397 g/mol. The fourth-order valence-electron chi connectivity index (χ4n) is 2.96. The molecule has 0 bridgehead atoms. The zero-order valence-corrected chi connectivity index (χ0v) is 16.3. The quantitative estimate of drug-likeness (QED) is 0.445. The maximum absolute atomic E-state index is 12.5. The molecule has 0 radical (unpaired) electrons. The molecule has 1 aliphatic heterocycles. The normalized spacial score (nSPS) is 20.2. The number of non-ortho nitro benzene ring substituents is 1. The highest BCUT2D eigenvalue weighted by Gasteiger charge is 2.43. The summed E-state index contributed by atoms with van der Waals surface area (Å²) in [6.45, 7) is 0.310. The van der Waals surface area contributed by atoms with Crippen LogP contribution in [0.4, 0.5) is 10.5 Å². The van der Waals surface area contributed by atoms with Gasteiger partial charge in [0, 0.05) is 45.1 Å². The van der Waals surface area contributed by atoms with Crippen molar-refractivity contribution in [3.8, 4) is 0 Å². The van der Waals surface area contributed by atoms with Crippen LogP contribution in [0.3, 0.4) is 0 Å². The van der Waals surface area contributed by atoms with Crippen LogP contribution in [0, 0.1) is 10.1 Å². The van der Waals surface area contributed by atoms with Gasteiger partial charge in [-0.2, -0.15) is 12.6 Å². The molecule has 0 aliphatic carbocycles. The Hall–Kier alpha value is -2.33. The minimum Gasteiger partial charge on any atom is -0.445 e. The van der Waals surface area contributed by atoms with E-state index >= 15 is 0 Å². The third-order valence-corrected chi connectivity index (χ3v) is 4.73. The third kappa shape index (κ3) is 5.10. The molecular formula is C17H23N3O6S. The second-order valence-electron chi connectivity index (χ2n) is 6.48. The number of methoxy groups -OCH3 is 1. The maximum atomic E-state index is 12.5. The van der Waals surface area contributed by atoms with E-state index in [1.54, 1.807) is 14.1 Å². The highest BCUT2D eigenvalue weighted by molar-refractivity contribution is 7.81. The fourth-order valence-corrected chi connectivity index (χ4v) is 3.35. The van der Waals surface area contributed by atoms with Gasteiger partial charge >= 0.3 is 6.09 Å². The lowest BCUT2D eigenvalue weighted by atomic mass is 10.1. The summed E-state index contributed by atoms with van der Waals surface area (Å²) in [7, 11) is 4.68. The Labute approximate surface area is 162 Å². The number of carbonyl (C=O) groups excluding carboxylic acids is 2. The lowest BCUT2D eigenvalue weighted by Crippen LogP contribution is -2.50. The molecule has 0 aromatic heterocycles. The molecule has 0 spiro atoms. The number of ether oxygens (including phenoxy) is 2. The van der Waals surface area contributed by atoms with Gasteiger partial charge in [-0.1, -0.05) is 0 Å². The largest absolute Gasteiger partial charge is 0.445 e. The number of rotatable bonds is 6. The van der Waals surface area contributed by atoms with Crippen LogP contribution in [0.2, 0.25) is 0 Å². The highest BCUT2D eigenvalue weighted by Crippen LogP contribution is 2.27. The molecule has 1 fully saturated rings. The van der Waals surface area contributed by atoms with E-state index in [9.17, 15) is 19.7 Å². The number of benzene rings is 1. The summed E-state index contributed by atoms with van der Waals surface area (Å²) in [5.74, 6) is -0.238. The van der Waals surface area contributed by atoms with Crippen LogP contribution in [0.25, 0.3) is 0 Å². The molecule has 0 saturated carbocycles. The second-order valence-corrected chi connectivity index (χ2v) is 7.21. The van der Waals surface area contributed by atoms with Crippen LogP contribution >= 0.6 is 12.6 Å². The summed E-state index contributed by atoms with van der Waals surface area (Å²) in [6.07, 6.45) is -0.874. The summed E-state index contributed by atoms with van der Waals surface area (Å²) >= 11 is 4.43. The van der Waals surface area contributed by atoms with Crippen LogP contribution in [0.15, 0.2) is 24.3 Å². The van der Waals surface area contributed by atoms with E-state index in [0.717, 1.165) is 0 Å². The molecule has 1 aromatic carbocycles.